The van der Waals surface area contributed by atoms with Gasteiger partial charge in [-0.15, -0.1) is 0 Å². The molecule has 0 unspecified atom stereocenters. The second-order valence-electron chi connectivity index (χ2n) is 2.93. The summed E-state index contributed by atoms with van der Waals surface area (Å²) in [7, 11) is 1.77. The van der Waals surface area contributed by atoms with Crippen molar-refractivity contribution in [1.82, 2.24) is 4.31 Å². The topological polar surface area (TPSA) is 38.5 Å². The van der Waals surface area contributed by atoms with Crippen LogP contribution < -0.4 is 5.14 Å². The van der Waals surface area contributed by atoms with Crippen LogP contribution in [0.4, 0.5) is 0 Å². The molecule has 0 saturated carbocycles. The maximum absolute atomic E-state index is 5.43. The van der Waals surface area contributed by atoms with E-state index in [1.165, 1.54) is 25.0 Å². The van der Waals surface area contributed by atoms with Crippen LogP contribution in [-0.4, -0.2) is 31.1 Å². The van der Waals surface area contributed by atoms with Gasteiger partial charge in [0.15, 0.2) is 0 Å². The van der Waals surface area contributed by atoms with Crippen LogP contribution >= 0.6 is 12.1 Å². The number of methoxy groups -OCH3 is 1. The number of piperidine rings is 1. The molecule has 1 heterocycles. The number of hydrogen-bond acceptors (Lipinski definition) is 4. The molecule has 0 radical (unpaired) electrons. The molecule has 0 bridgehead atoms. The summed E-state index contributed by atoms with van der Waals surface area (Å²) in [5.41, 5.74) is 0. The van der Waals surface area contributed by atoms with Crippen molar-refractivity contribution in [2.24, 2.45) is 11.1 Å². The highest BCUT2D eigenvalue weighted by molar-refractivity contribution is 7.94. The highest BCUT2D eigenvalue weighted by Gasteiger charge is 2.18. The van der Waals surface area contributed by atoms with Crippen LogP contribution in [0.1, 0.15) is 12.8 Å². The Hall–Kier alpha value is 0.230. The first-order valence-corrected chi connectivity index (χ1v) is 4.81. The molecule has 1 saturated heterocycles. The van der Waals surface area contributed by atoms with E-state index in [9.17, 15) is 0 Å². The maximum atomic E-state index is 5.43. The molecule has 1 fully saturated rings. The zero-order valence-corrected chi connectivity index (χ0v) is 7.77. The van der Waals surface area contributed by atoms with E-state index in [1.54, 1.807) is 7.11 Å². The summed E-state index contributed by atoms with van der Waals surface area (Å²) in [6.07, 6.45) is 2.44. The standard InChI is InChI=1S/C7H16N2OS/c1-10-6-7-2-4-9(11-8)5-3-7/h7H,2-6,8H2,1H3. The number of nitrogens with two attached hydrogens (primary N) is 1. The molecule has 2 N–H and O–H groups in total. The number of hydrogen-bond donors (Lipinski definition) is 1. The average molecular weight is 176 g/mol. The van der Waals surface area contributed by atoms with Crippen molar-refractivity contribution < 1.29 is 4.74 Å². The lowest BCUT2D eigenvalue weighted by molar-refractivity contribution is 0.123. The Labute approximate surface area is 72.5 Å². The molecular weight excluding hydrogens is 160 g/mol. The zero-order valence-electron chi connectivity index (χ0n) is 6.95. The number of nitrogens with zero attached hydrogens (tertiary/aromatic N) is 1. The van der Waals surface area contributed by atoms with Gasteiger partial charge in [0.05, 0.1) is 0 Å². The molecule has 11 heavy (non-hydrogen) atoms. The predicted molar refractivity (Wildman–Crippen MR) is 48.0 cm³/mol. The molecule has 0 spiro atoms. The van der Waals surface area contributed by atoms with Crippen molar-refractivity contribution >= 4 is 12.1 Å². The second-order valence-corrected chi connectivity index (χ2v) is 3.66. The summed E-state index contributed by atoms with van der Waals surface area (Å²) in [5, 5.41) is 5.43. The molecule has 0 aromatic heterocycles. The number of ether oxygens (including phenoxy) is 1. The third-order valence-electron chi connectivity index (χ3n) is 2.12. The molecule has 0 atom stereocenters. The lowest BCUT2D eigenvalue weighted by atomic mass is 9.99. The van der Waals surface area contributed by atoms with Crippen LogP contribution in [0.3, 0.4) is 0 Å². The van der Waals surface area contributed by atoms with Crippen LogP contribution in [0.25, 0.3) is 0 Å². The summed E-state index contributed by atoms with van der Waals surface area (Å²) < 4.78 is 7.29. The monoisotopic (exact) mass is 176 g/mol. The van der Waals surface area contributed by atoms with Crippen LogP contribution in [0, 0.1) is 5.92 Å². The van der Waals surface area contributed by atoms with E-state index in [4.69, 9.17) is 9.88 Å². The summed E-state index contributed by atoms with van der Waals surface area (Å²) in [4.78, 5) is 0. The van der Waals surface area contributed by atoms with Crippen molar-refractivity contribution in [3.63, 3.8) is 0 Å². The zero-order chi connectivity index (χ0) is 8.10. The Morgan fingerprint density at radius 1 is 1.55 bits per heavy atom. The van der Waals surface area contributed by atoms with Crippen molar-refractivity contribution in [3.8, 4) is 0 Å². The Morgan fingerprint density at radius 2 is 2.18 bits per heavy atom. The van der Waals surface area contributed by atoms with Gasteiger partial charge in [0.2, 0.25) is 0 Å². The van der Waals surface area contributed by atoms with Gasteiger partial charge in [-0.3, -0.25) is 5.14 Å². The van der Waals surface area contributed by atoms with E-state index in [1.807, 2.05) is 0 Å². The molecule has 0 aliphatic carbocycles. The lowest BCUT2D eigenvalue weighted by Crippen LogP contribution is -2.31. The van der Waals surface area contributed by atoms with E-state index < -0.39 is 0 Å². The summed E-state index contributed by atoms with van der Waals surface area (Å²) >= 11 is 1.36. The van der Waals surface area contributed by atoms with Crippen molar-refractivity contribution in [1.29, 1.82) is 0 Å². The molecule has 0 amide bonds. The van der Waals surface area contributed by atoms with Crippen molar-refractivity contribution in [3.05, 3.63) is 0 Å². The smallest absolute Gasteiger partial charge is 0.0491 e. The van der Waals surface area contributed by atoms with Gasteiger partial charge < -0.3 is 4.74 Å². The molecule has 3 nitrogen and oxygen atoms in total. The Balaban J connectivity index is 2.14. The third kappa shape index (κ3) is 2.99. The average Bonchev–Trinajstić information content (AvgIpc) is 2.07. The molecule has 4 heteroatoms. The van der Waals surface area contributed by atoms with Gasteiger partial charge in [0.25, 0.3) is 0 Å². The van der Waals surface area contributed by atoms with E-state index in [0.29, 0.717) is 0 Å². The van der Waals surface area contributed by atoms with Gasteiger partial charge in [-0.1, -0.05) is 0 Å². The lowest BCUT2D eigenvalue weighted by Gasteiger charge is -2.28. The Morgan fingerprint density at radius 3 is 2.64 bits per heavy atom. The van der Waals surface area contributed by atoms with Crippen molar-refractivity contribution in [2.75, 3.05) is 26.8 Å². The highest BCUT2D eigenvalue weighted by Crippen LogP contribution is 2.19. The van der Waals surface area contributed by atoms with Gasteiger partial charge in [0, 0.05) is 38.9 Å². The molecule has 1 aliphatic heterocycles. The minimum Gasteiger partial charge on any atom is -0.384 e. The summed E-state index contributed by atoms with van der Waals surface area (Å²) in [5.74, 6) is 0.753. The first-order valence-electron chi connectivity index (χ1n) is 3.97. The SMILES string of the molecule is COCC1CCN(SN)CC1. The molecule has 66 valence electrons. The Kier molecular flexibility index (Phi) is 4.22. The first-order chi connectivity index (χ1) is 5.36. The fourth-order valence-electron chi connectivity index (χ4n) is 1.42. The van der Waals surface area contributed by atoms with Crippen molar-refractivity contribution in [2.45, 2.75) is 12.8 Å². The van der Waals surface area contributed by atoms with Gasteiger partial charge in [-0.05, 0) is 18.8 Å². The molecular formula is C7H16N2OS. The van der Waals surface area contributed by atoms with Crippen LogP contribution in [0.2, 0.25) is 0 Å². The summed E-state index contributed by atoms with van der Waals surface area (Å²) in [6.45, 7) is 3.12. The van der Waals surface area contributed by atoms with Crippen LogP contribution in [0.5, 0.6) is 0 Å². The van der Waals surface area contributed by atoms with Gasteiger partial charge in [0.1, 0.15) is 0 Å². The molecule has 1 rings (SSSR count). The van der Waals surface area contributed by atoms with E-state index in [0.717, 1.165) is 25.6 Å². The second kappa shape index (κ2) is 4.98. The van der Waals surface area contributed by atoms with Gasteiger partial charge >= 0.3 is 0 Å². The normalized spacial score (nSPS) is 22.4. The van der Waals surface area contributed by atoms with E-state index in [2.05, 4.69) is 4.31 Å². The highest BCUT2D eigenvalue weighted by atomic mass is 32.2. The fraction of sp³-hybridized carbons (Fsp3) is 1.00. The fourth-order valence-corrected chi connectivity index (χ4v) is 1.84. The molecule has 0 aromatic rings. The number of rotatable bonds is 3. The van der Waals surface area contributed by atoms with E-state index in [-0.39, 0.29) is 0 Å². The van der Waals surface area contributed by atoms with Gasteiger partial charge in [-0.25, -0.2) is 4.31 Å². The predicted octanol–water partition coefficient (Wildman–Crippen LogP) is 0.867. The maximum Gasteiger partial charge on any atom is 0.0491 e. The first kappa shape index (κ1) is 9.32. The minimum atomic E-state index is 0.753. The largest absolute Gasteiger partial charge is 0.384 e. The quantitative estimate of drug-likeness (QED) is 0.647. The Bertz CT molecular complexity index is 105. The molecule has 0 aromatic carbocycles. The summed E-state index contributed by atoms with van der Waals surface area (Å²) in [6, 6.07) is 0. The molecule has 1 aliphatic rings. The van der Waals surface area contributed by atoms with E-state index >= 15 is 0 Å². The van der Waals surface area contributed by atoms with Crippen LogP contribution in [-0.2, 0) is 4.74 Å². The third-order valence-corrected chi connectivity index (χ3v) is 2.79. The van der Waals surface area contributed by atoms with Gasteiger partial charge in [-0.2, -0.15) is 0 Å². The van der Waals surface area contributed by atoms with Crippen LogP contribution in [0.15, 0.2) is 0 Å². The minimum absolute atomic E-state index is 0.753.